The molecule has 3 rings (SSSR count). The Kier molecular flexibility index (Phi) is 5.31. The molecule has 2 aromatic carbocycles. The zero-order chi connectivity index (χ0) is 23.2. The van der Waals surface area contributed by atoms with Crippen molar-refractivity contribution in [3.05, 3.63) is 65.2 Å². The second-order valence-electron chi connectivity index (χ2n) is 7.18. The number of nitrogens with zero attached hydrogens (tertiary/aromatic N) is 3. The van der Waals surface area contributed by atoms with Gasteiger partial charge in [-0.2, -0.15) is 18.4 Å². The van der Waals surface area contributed by atoms with E-state index >= 15 is 0 Å². The van der Waals surface area contributed by atoms with Crippen molar-refractivity contribution in [1.82, 2.24) is 4.90 Å². The summed E-state index contributed by atoms with van der Waals surface area (Å²) in [5.41, 5.74) is -3.87. The van der Waals surface area contributed by atoms with E-state index < -0.39 is 56.2 Å². The Morgan fingerprint density at radius 3 is 2.23 bits per heavy atom. The van der Waals surface area contributed by atoms with Crippen LogP contribution in [0.25, 0.3) is 0 Å². The summed E-state index contributed by atoms with van der Waals surface area (Å²) < 4.78 is 64.1. The molecule has 1 saturated heterocycles. The van der Waals surface area contributed by atoms with Crippen molar-refractivity contribution in [1.29, 1.82) is 5.26 Å². The number of sulfone groups is 1. The van der Waals surface area contributed by atoms with Crippen LogP contribution in [0.1, 0.15) is 23.6 Å². The van der Waals surface area contributed by atoms with Crippen LogP contribution in [-0.4, -0.2) is 37.4 Å². The standard InChI is InChI=1S/C20H16F3N3O4S/c1-19(14-6-4-3-5-7-14)17(27)26(18(28)25(19)12-31(2,29)30)15-9-8-13(11-24)16(10-15)20(21,22)23/h3-10H,12H2,1-2H3. The van der Waals surface area contributed by atoms with Crippen molar-refractivity contribution in [3.8, 4) is 6.07 Å². The SMILES string of the molecule is CC1(c2ccccc2)C(=O)N(c2ccc(C#N)c(C(F)(F)F)c2)C(=O)N1CS(C)(=O)=O. The van der Waals surface area contributed by atoms with Crippen LogP contribution in [0.5, 0.6) is 0 Å². The van der Waals surface area contributed by atoms with Gasteiger partial charge in [-0.3, -0.25) is 9.69 Å². The van der Waals surface area contributed by atoms with Crippen LogP contribution in [-0.2, 0) is 26.3 Å². The fourth-order valence-electron chi connectivity index (χ4n) is 3.42. The molecule has 1 fully saturated rings. The Morgan fingerprint density at radius 2 is 1.71 bits per heavy atom. The maximum atomic E-state index is 13.4. The summed E-state index contributed by atoms with van der Waals surface area (Å²) in [5, 5.41) is 8.97. The van der Waals surface area contributed by atoms with Gasteiger partial charge in [0.2, 0.25) is 0 Å². The molecule has 1 aliphatic rings. The quantitative estimate of drug-likeness (QED) is 0.665. The van der Waals surface area contributed by atoms with Gasteiger partial charge < -0.3 is 0 Å². The number of anilines is 1. The van der Waals surface area contributed by atoms with Crippen LogP contribution in [0.15, 0.2) is 48.5 Å². The average molecular weight is 451 g/mol. The van der Waals surface area contributed by atoms with Gasteiger partial charge in [-0.25, -0.2) is 18.1 Å². The summed E-state index contributed by atoms with van der Waals surface area (Å²) in [4.78, 5) is 27.8. The molecule has 0 saturated carbocycles. The number of carbonyl (C=O) groups is 2. The van der Waals surface area contributed by atoms with E-state index in [1.165, 1.54) is 25.1 Å². The lowest BCUT2D eigenvalue weighted by molar-refractivity contribution is -0.137. The largest absolute Gasteiger partial charge is 0.417 e. The van der Waals surface area contributed by atoms with E-state index in [1.807, 2.05) is 0 Å². The molecule has 1 aliphatic heterocycles. The summed E-state index contributed by atoms with van der Waals surface area (Å²) in [7, 11) is -3.79. The molecule has 1 unspecified atom stereocenters. The highest BCUT2D eigenvalue weighted by Gasteiger charge is 2.56. The third-order valence-electron chi connectivity index (χ3n) is 4.97. The number of nitriles is 1. The zero-order valence-corrected chi connectivity index (χ0v) is 17.2. The fourth-order valence-corrected chi connectivity index (χ4v) is 4.26. The summed E-state index contributed by atoms with van der Waals surface area (Å²) in [6.45, 7) is 1.34. The molecular weight excluding hydrogens is 435 g/mol. The van der Waals surface area contributed by atoms with Crippen LogP contribution in [0.2, 0.25) is 0 Å². The van der Waals surface area contributed by atoms with Gasteiger partial charge in [-0.15, -0.1) is 0 Å². The highest BCUT2D eigenvalue weighted by Crippen LogP contribution is 2.41. The minimum atomic E-state index is -4.90. The smallest absolute Gasteiger partial charge is 0.291 e. The molecule has 0 N–H and O–H groups in total. The van der Waals surface area contributed by atoms with E-state index in [0.717, 1.165) is 23.3 Å². The first-order valence-electron chi connectivity index (χ1n) is 8.81. The summed E-state index contributed by atoms with van der Waals surface area (Å²) in [5.74, 6) is -1.73. The van der Waals surface area contributed by atoms with Crippen LogP contribution >= 0.6 is 0 Å². The number of urea groups is 1. The summed E-state index contributed by atoms with van der Waals surface area (Å²) in [6.07, 6.45) is -4.02. The average Bonchev–Trinajstić information content (AvgIpc) is 2.88. The van der Waals surface area contributed by atoms with Crippen molar-refractivity contribution < 1.29 is 31.2 Å². The van der Waals surface area contributed by atoms with Crippen molar-refractivity contribution in [3.63, 3.8) is 0 Å². The lowest BCUT2D eigenvalue weighted by Gasteiger charge is -2.31. The van der Waals surface area contributed by atoms with Crippen LogP contribution in [0, 0.1) is 11.3 Å². The van der Waals surface area contributed by atoms with Gasteiger partial charge in [0.1, 0.15) is 11.4 Å². The molecule has 0 aromatic heterocycles. The number of imide groups is 1. The lowest BCUT2D eigenvalue weighted by Crippen LogP contribution is -2.46. The minimum absolute atomic E-state index is 0.296. The topological polar surface area (TPSA) is 98.5 Å². The van der Waals surface area contributed by atoms with E-state index in [-0.39, 0.29) is 0 Å². The molecular formula is C20H16F3N3O4S. The zero-order valence-electron chi connectivity index (χ0n) is 16.3. The molecule has 0 bridgehead atoms. The first-order chi connectivity index (χ1) is 14.3. The molecule has 0 radical (unpaired) electrons. The molecule has 0 aliphatic carbocycles. The third-order valence-corrected chi connectivity index (χ3v) is 5.70. The van der Waals surface area contributed by atoms with E-state index in [9.17, 15) is 31.2 Å². The van der Waals surface area contributed by atoms with E-state index in [2.05, 4.69) is 0 Å². The Balaban J connectivity index is 2.21. The van der Waals surface area contributed by atoms with Crippen molar-refractivity contribution in [2.45, 2.75) is 18.6 Å². The molecule has 0 spiro atoms. The maximum Gasteiger partial charge on any atom is 0.417 e. The van der Waals surface area contributed by atoms with E-state index in [4.69, 9.17) is 5.26 Å². The fraction of sp³-hybridized carbons (Fsp3) is 0.250. The van der Waals surface area contributed by atoms with Gasteiger partial charge in [-0.1, -0.05) is 30.3 Å². The Labute approximate surface area is 176 Å². The van der Waals surface area contributed by atoms with Crippen molar-refractivity contribution >= 4 is 27.5 Å². The predicted octanol–water partition coefficient (Wildman–Crippen LogP) is 3.26. The van der Waals surface area contributed by atoms with Crippen LogP contribution < -0.4 is 4.90 Å². The van der Waals surface area contributed by atoms with Crippen molar-refractivity contribution in [2.24, 2.45) is 0 Å². The Bertz CT molecular complexity index is 1210. The number of halogens is 3. The van der Waals surface area contributed by atoms with E-state index in [0.29, 0.717) is 16.5 Å². The number of carbonyl (C=O) groups excluding carboxylic acids is 2. The number of hydrogen-bond donors (Lipinski definition) is 0. The Hall–Kier alpha value is -3.39. The molecule has 162 valence electrons. The molecule has 2 aromatic rings. The van der Waals surface area contributed by atoms with Gasteiger partial charge in [0.15, 0.2) is 9.84 Å². The van der Waals surface area contributed by atoms with E-state index in [1.54, 1.807) is 18.2 Å². The summed E-state index contributed by atoms with van der Waals surface area (Å²) >= 11 is 0. The molecule has 31 heavy (non-hydrogen) atoms. The second kappa shape index (κ2) is 7.39. The molecule has 3 amide bonds. The molecule has 7 nitrogen and oxygen atoms in total. The summed E-state index contributed by atoms with van der Waals surface area (Å²) in [6, 6.07) is 10.6. The number of alkyl halides is 3. The minimum Gasteiger partial charge on any atom is -0.291 e. The van der Waals surface area contributed by atoms with Crippen LogP contribution in [0.4, 0.5) is 23.7 Å². The highest BCUT2D eigenvalue weighted by atomic mass is 32.2. The maximum absolute atomic E-state index is 13.4. The first-order valence-corrected chi connectivity index (χ1v) is 10.9. The number of hydrogen-bond acceptors (Lipinski definition) is 5. The van der Waals surface area contributed by atoms with Gasteiger partial charge in [-0.05, 0) is 30.7 Å². The normalized spacial score (nSPS) is 19.6. The first kappa shape index (κ1) is 22.3. The molecule has 11 heteroatoms. The van der Waals surface area contributed by atoms with Crippen molar-refractivity contribution in [2.75, 3.05) is 17.0 Å². The molecule has 1 atom stereocenters. The predicted molar refractivity (Wildman–Crippen MR) is 104 cm³/mol. The second-order valence-corrected chi connectivity index (χ2v) is 9.29. The van der Waals surface area contributed by atoms with Gasteiger partial charge in [0, 0.05) is 6.26 Å². The molecule has 1 heterocycles. The van der Waals surface area contributed by atoms with Crippen LogP contribution in [0.3, 0.4) is 0 Å². The monoisotopic (exact) mass is 451 g/mol. The lowest BCUT2D eigenvalue weighted by atomic mass is 9.90. The van der Waals surface area contributed by atoms with Gasteiger partial charge in [0.05, 0.1) is 22.9 Å². The van der Waals surface area contributed by atoms with Gasteiger partial charge >= 0.3 is 12.2 Å². The number of rotatable bonds is 4. The van der Waals surface area contributed by atoms with Gasteiger partial charge in [0.25, 0.3) is 5.91 Å². The highest BCUT2D eigenvalue weighted by molar-refractivity contribution is 7.90. The third kappa shape index (κ3) is 3.86. The Morgan fingerprint density at radius 1 is 1.10 bits per heavy atom. The number of benzene rings is 2. The number of amides is 3.